The Morgan fingerprint density at radius 1 is 1.00 bits per heavy atom. The molecule has 3 aromatic rings. The Morgan fingerprint density at radius 3 is 2.45 bits per heavy atom. The Labute approximate surface area is 170 Å². The number of carbonyl (C=O) groups is 1. The first-order valence-electron chi connectivity index (χ1n) is 9.45. The highest BCUT2D eigenvalue weighted by Crippen LogP contribution is 2.17. The van der Waals surface area contributed by atoms with Crippen molar-refractivity contribution in [2.45, 2.75) is 13.5 Å². The topological polar surface area (TPSA) is 72.5 Å². The minimum Gasteiger partial charge on any atom is -0.497 e. The zero-order chi connectivity index (χ0) is 20.5. The van der Waals surface area contributed by atoms with E-state index in [2.05, 4.69) is 15.6 Å². The summed E-state index contributed by atoms with van der Waals surface area (Å²) in [6.07, 6.45) is 1.65. The predicted molar refractivity (Wildman–Crippen MR) is 114 cm³/mol. The Hall–Kier alpha value is -3.54. The molecule has 6 nitrogen and oxygen atoms in total. The van der Waals surface area contributed by atoms with Gasteiger partial charge in [-0.15, -0.1) is 0 Å². The number of carbonyl (C=O) groups excluding carboxylic acids is 1. The molecule has 0 bridgehead atoms. The van der Waals surface area contributed by atoms with Crippen molar-refractivity contribution in [1.82, 2.24) is 10.3 Å². The molecule has 0 saturated heterocycles. The molecule has 29 heavy (non-hydrogen) atoms. The second-order valence-corrected chi connectivity index (χ2v) is 6.49. The van der Waals surface area contributed by atoms with Crippen molar-refractivity contribution in [2.75, 3.05) is 25.6 Å². The first kappa shape index (κ1) is 20.2. The van der Waals surface area contributed by atoms with Crippen molar-refractivity contribution in [3.8, 4) is 11.5 Å². The fourth-order valence-electron chi connectivity index (χ4n) is 2.74. The van der Waals surface area contributed by atoms with Crippen molar-refractivity contribution in [2.24, 2.45) is 0 Å². The Morgan fingerprint density at radius 2 is 1.76 bits per heavy atom. The number of aryl methyl sites for hydroxylation is 1. The van der Waals surface area contributed by atoms with Crippen LogP contribution in [0.15, 0.2) is 66.9 Å². The van der Waals surface area contributed by atoms with Crippen LogP contribution in [-0.2, 0) is 6.54 Å². The maximum Gasteiger partial charge on any atom is 0.270 e. The van der Waals surface area contributed by atoms with Gasteiger partial charge in [-0.3, -0.25) is 4.79 Å². The van der Waals surface area contributed by atoms with Crippen LogP contribution in [0.4, 0.5) is 5.69 Å². The largest absolute Gasteiger partial charge is 0.497 e. The summed E-state index contributed by atoms with van der Waals surface area (Å²) >= 11 is 0. The van der Waals surface area contributed by atoms with E-state index in [1.54, 1.807) is 19.4 Å². The zero-order valence-electron chi connectivity index (χ0n) is 16.6. The molecule has 0 unspecified atom stereocenters. The van der Waals surface area contributed by atoms with Gasteiger partial charge in [0.1, 0.15) is 23.8 Å². The molecule has 3 rings (SSSR count). The average Bonchev–Trinajstić information content (AvgIpc) is 2.77. The first-order valence-corrected chi connectivity index (χ1v) is 9.45. The van der Waals surface area contributed by atoms with E-state index in [-0.39, 0.29) is 5.91 Å². The number of methoxy groups -OCH3 is 1. The van der Waals surface area contributed by atoms with Gasteiger partial charge in [0.25, 0.3) is 5.91 Å². The number of benzene rings is 2. The molecule has 0 fully saturated rings. The number of hydrogen-bond donors (Lipinski definition) is 2. The Balaban J connectivity index is 1.42. The second-order valence-electron chi connectivity index (χ2n) is 6.49. The van der Waals surface area contributed by atoms with Gasteiger partial charge in [-0.1, -0.05) is 24.3 Å². The molecule has 0 aliphatic heterocycles. The standard InChI is InChI=1S/C23H25N3O3/c1-17-5-3-4-6-18(17)15-26-23(27)22-12-7-19(16-25-22)24-13-14-29-21-10-8-20(28-2)9-11-21/h3-12,16,24H,13-15H2,1-2H3,(H,26,27). The maximum absolute atomic E-state index is 12.3. The molecule has 2 aromatic carbocycles. The smallest absolute Gasteiger partial charge is 0.270 e. The van der Waals surface area contributed by atoms with Gasteiger partial charge in [0.15, 0.2) is 0 Å². The fourth-order valence-corrected chi connectivity index (χ4v) is 2.74. The third-order valence-electron chi connectivity index (χ3n) is 4.46. The summed E-state index contributed by atoms with van der Waals surface area (Å²) < 4.78 is 10.8. The van der Waals surface area contributed by atoms with Crippen molar-refractivity contribution >= 4 is 11.6 Å². The van der Waals surface area contributed by atoms with E-state index in [0.29, 0.717) is 25.4 Å². The molecule has 1 heterocycles. The number of ether oxygens (including phenoxy) is 2. The van der Waals surface area contributed by atoms with Crippen LogP contribution >= 0.6 is 0 Å². The van der Waals surface area contributed by atoms with Gasteiger partial charge in [-0.2, -0.15) is 0 Å². The molecular weight excluding hydrogens is 366 g/mol. The number of nitrogens with one attached hydrogen (secondary N) is 2. The predicted octanol–water partition coefficient (Wildman–Crippen LogP) is 3.82. The molecular formula is C23H25N3O3. The van der Waals surface area contributed by atoms with Gasteiger partial charge in [-0.25, -0.2) is 4.98 Å². The molecule has 150 valence electrons. The maximum atomic E-state index is 12.3. The quantitative estimate of drug-likeness (QED) is 0.543. The summed E-state index contributed by atoms with van der Waals surface area (Å²) in [5, 5.41) is 6.13. The van der Waals surface area contributed by atoms with E-state index >= 15 is 0 Å². The van der Waals surface area contributed by atoms with Crippen molar-refractivity contribution in [3.63, 3.8) is 0 Å². The van der Waals surface area contributed by atoms with Gasteiger partial charge < -0.3 is 20.1 Å². The molecule has 1 aromatic heterocycles. The highest BCUT2D eigenvalue weighted by Gasteiger charge is 2.07. The monoisotopic (exact) mass is 391 g/mol. The molecule has 0 aliphatic carbocycles. The lowest BCUT2D eigenvalue weighted by atomic mass is 10.1. The van der Waals surface area contributed by atoms with Crippen molar-refractivity contribution in [1.29, 1.82) is 0 Å². The molecule has 2 N–H and O–H groups in total. The number of amides is 1. The summed E-state index contributed by atoms with van der Waals surface area (Å²) in [6, 6.07) is 19.0. The number of anilines is 1. The lowest BCUT2D eigenvalue weighted by molar-refractivity contribution is 0.0946. The van der Waals surface area contributed by atoms with Crippen LogP contribution in [0, 0.1) is 6.92 Å². The summed E-state index contributed by atoms with van der Waals surface area (Å²) in [4.78, 5) is 16.5. The highest BCUT2D eigenvalue weighted by atomic mass is 16.5. The summed E-state index contributed by atoms with van der Waals surface area (Å²) in [5.41, 5.74) is 3.46. The third-order valence-corrected chi connectivity index (χ3v) is 4.46. The van der Waals surface area contributed by atoms with Gasteiger partial charge in [-0.05, 0) is 54.4 Å². The lowest BCUT2D eigenvalue weighted by Crippen LogP contribution is -2.24. The lowest BCUT2D eigenvalue weighted by Gasteiger charge is -2.10. The molecule has 6 heteroatoms. The van der Waals surface area contributed by atoms with Crippen LogP contribution < -0.4 is 20.1 Å². The van der Waals surface area contributed by atoms with Crippen molar-refractivity contribution in [3.05, 3.63) is 83.7 Å². The summed E-state index contributed by atoms with van der Waals surface area (Å²) in [6.45, 7) is 3.63. The van der Waals surface area contributed by atoms with Gasteiger partial charge >= 0.3 is 0 Å². The van der Waals surface area contributed by atoms with E-state index in [0.717, 1.165) is 28.3 Å². The zero-order valence-corrected chi connectivity index (χ0v) is 16.6. The fraction of sp³-hybridized carbons (Fsp3) is 0.217. The van der Waals surface area contributed by atoms with Gasteiger partial charge in [0, 0.05) is 13.1 Å². The summed E-state index contributed by atoms with van der Waals surface area (Å²) in [7, 11) is 1.63. The highest BCUT2D eigenvalue weighted by molar-refractivity contribution is 5.92. The molecule has 0 aliphatic rings. The number of hydrogen-bond acceptors (Lipinski definition) is 5. The molecule has 0 spiro atoms. The van der Waals surface area contributed by atoms with E-state index in [1.165, 1.54) is 0 Å². The van der Waals surface area contributed by atoms with Crippen LogP contribution in [0.25, 0.3) is 0 Å². The molecule has 0 saturated carbocycles. The van der Waals surface area contributed by atoms with Crippen LogP contribution in [0.5, 0.6) is 11.5 Å². The van der Waals surface area contributed by atoms with Crippen LogP contribution in [0.2, 0.25) is 0 Å². The normalized spacial score (nSPS) is 10.3. The number of rotatable bonds is 9. The molecule has 0 radical (unpaired) electrons. The number of pyridine rings is 1. The molecule has 1 amide bonds. The van der Waals surface area contributed by atoms with Crippen molar-refractivity contribution < 1.29 is 14.3 Å². The number of nitrogens with zero attached hydrogens (tertiary/aromatic N) is 1. The van der Waals surface area contributed by atoms with Crippen LogP contribution in [0.1, 0.15) is 21.6 Å². The van der Waals surface area contributed by atoms with E-state index < -0.39 is 0 Å². The summed E-state index contributed by atoms with van der Waals surface area (Å²) in [5.74, 6) is 1.39. The second kappa shape index (κ2) is 10.1. The SMILES string of the molecule is COc1ccc(OCCNc2ccc(C(=O)NCc3ccccc3C)nc2)cc1. The average molecular weight is 391 g/mol. The van der Waals surface area contributed by atoms with E-state index in [9.17, 15) is 4.79 Å². The van der Waals surface area contributed by atoms with Crippen LogP contribution in [-0.4, -0.2) is 31.2 Å². The van der Waals surface area contributed by atoms with Gasteiger partial charge in [0.2, 0.25) is 0 Å². The minimum atomic E-state index is -0.192. The third kappa shape index (κ3) is 5.97. The minimum absolute atomic E-state index is 0.192. The number of aromatic nitrogens is 1. The van der Waals surface area contributed by atoms with Gasteiger partial charge in [0.05, 0.1) is 19.0 Å². The van der Waals surface area contributed by atoms with E-state index in [4.69, 9.17) is 9.47 Å². The van der Waals surface area contributed by atoms with Crippen LogP contribution in [0.3, 0.4) is 0 Å². The van der Waals surface area contributed by atoms with E-state index in [1.807, 2.05) is 61.5 Å². The Bertz CT molecular complexity index is 925. The molecule has 0 atom stereocenters. The Kier molecular flexibility index (Phi) is 7.05. The first-order chi connectivity index (χ1) is 14.2.